The van der Waals surface area contributed by atoms with Crippen LogP contribution < -0.4 is 5.32 Å². The maximum absolute atomic E-state index is 3.62. The fraction of sp³-hybridized carbons (Fsp3) is 0.294. The van der Waals surface area contributed by atoms with Crippen LogP contribution in [-0.2, 0) is 6.54 Å². The summed E-state index contributed by atoms with van der Waals surface area (Å²) >= 11 is 8.98. The van der Waals surface area contributed by atoms with Gasteiger partial charge in [-0.2, -0.15) is 0 Å². The highest BCUT2D eigenvalue weighted by atomic mass is 79.9. The van der Waals surface area contributed by atoms with E-state index in [9.17, 15) is 0 Å². The van der Waals surface area contributed by atoms with E-state index in [-0.39, 0.29) is 5.54 Å². The zero-order valence-corrected chi connectivity index (χ0v) is 16.4. The Morgan fingerprint density at radius 1 is 1.00 bits per heavy atom. The van der Waals surface area contributed by atoms with E-state index in [0.717, 1.165) is 15.5 Å². The van der Waals surface area contributed by atoms with Crippen LogP contribution in [0, 0.1) is 0 Å². The highest BCUT2D eigenvalue weighted by Crippen LogP contribution is 2.36. The molecule has 0 aliphatic carbocycles. The molecule has 0 spiro atoms. The quantitative estimate of drug-likeness (QED) is 0.617. The highest BCUT2D eigenvalue weighted by Gasteiger charge is 2.12. The smallest absolute Gasteiger partial charge is 0.0314 e. The summed E-state index contributed by atoms with van der Waals surface area (Å²) in [6.45, 7) is 7.43. The van der Waals surface area contributed by atoms with Gasteiger partial charge in [-0.1, -0.05) is 45.9 Å². The summed E-state index contributed by atoms with van der Waals surface area (Å²) in [6.07, 6.45) is 0. The molecule has 21 heavy (non-hydrogen) atoms. The molecule has 2 aromatic carbocycles. The molecule has 0 bridgehead atoms. The molecule has 112 valence electrons. The van der Waals surface area contributed by atoms with Gasteiger partial charge in [-0.25, -0.2) is 0 Å². The van der Waals surface area contributed by atoms with E-state index < -0.39 is 0 Å². The predicted octanol–water partition coefficient (Wildman–Crippen LogP) is 6.25. The van der Waals surface area contributed by atoms with Crippen LogP contribution in [0.4, 0.5) is 0 Å². The molecule has 4 heteroatoms. The zero-order valence-electron chi connectivity index (χ0n) is 12.4. The van der Waals surface area contributed by atoms with E-state index in [1.165, 1.54) is 15.4 Å². The van der Waals surface area contributed by atoms with Gasteiger partial charge in [0, 0.05) is 30.8 Å². The van der Waals surface area contributed by atoms with Gasteiger partial charge in [0.1, 0.15) is 0 Å². The van der Waals surface area contributed by atoms with Gasteiger partial charge in [-0.3, -0.25) is 0 Å². The van der Waals surface area contributed by atoms with Crippen LogP contribution in [0.3, 0.4) is 0 Å². The molecule has 0 aromatic heterocycles. The first-order valence-electron chi connectivity index (χ1n) is 6.81. The standard InChI is InChI=1S/C17H19Br2NS/c1-17(2,3)20-11-12-8-9-13(18)10-16(12)21-15-7-5-4-6-14(15)19/h4-10,20H,11H2,1-3H3. The van der Waals surface area contributed by atoms with Gasteiger partial charge < -0.3 is 5.32 Å². The Hall–Kier alpha value is -0.290. The average molecular weight is 429 g/mol. The van der Waals surface area contributed by atoms with E-state index in [4.69, 9.17) is 0 Å². The lowest BCUT2D eigenvalue weighted by atomic mass is 10.1. The van der Waals surface area contributed by atoms with E-state index in [1.807, 2.05) is 6.07 Å². The minimum Gasteiger partial charge on any atom is -0.308 e. The zero-order chi connectivity index (χ0) is 15.5. The number of hydrogen-bond acceptors (Lipinski definition) is 2. The third-order valence-electron chi connectivity index (χ3n) is 2.89. The van der Waals surface area contributed by atoms with Crippen molar-refractivity contribution in [2.45, 2.75) is 42.6 Å². The molecule has 0 saturated carbocycles. The van der Waals surface area contributed by atoms with Crippen molar-refractivity contribution in [2.75, 3.05) is 0 Å². The van der Waals surface area contributed by atoms with E-state index in [0.29, 0.717) is 0 Å². The van der Waals surface area contributed by atoms with Crippen LogP contribution in [0.5, 0.6) is 0 Å². The third kappa shape index (κ3) is 5.44. The van der Waals surface area contributed by atoms with E-state index in [2.05, 4.69) is 94.3 Å². The van der Waals surface area contributed by atoms with Crippen molar-refractivity contribution >= 4 is 43.6 Å². The minimum absolute atomic E-state index is 0.113. The summed E-state index contributed by atoms with van der Waals surface area (Å²) in [7, 11) is 0. The molecule has 0 heterocycles. The Kier molecular flexibility index (Phi) is 5.95. The first-order valence-corrected chi connectivity index (χ1v) is 9.21. The van der Waals surface area contributed by atoms with Crippen molar-refractivity contribution in [3.05, 3.63) is 57.0 Å². The Labute approximate surface area is 148 Å². The van der Waals surface area contributed by atoms with Crippen molar-refractivity contribution in [1.82, 2.24) is 5.32 Å². The summed E-state index contributed by atoms with van der Waals surface area (Å²) in [5.74, 6) is 0. The number of rotatable bonds is 4. The highest BCUT2D eigenvalue weighted by molar-refractivity contribution is 9.10. The maximum atomic E-state index is 3.62. The van der Waals surface area contributed by atoms with Crippen LogP contribution in [0.25, 0.3) is 0 Å². The molecule has 1 N–H and O–H groups in total. The van der Waals surface area contributed by atoms with Crippen LogP contribution in [-0.4, -0.2) is 5.54 Å². The van der Waals surface area contributed by atoms with Gasteiger partial charge in [0.2, 0.25) is 0 Å². The van der Waals surface area contributed by atoms with Crippen molar-refractivity contribution in [1.29, 1.82) is 0 Å². The average Bonchev–Trinajstić information content (AvgIpc) is 2.39. The van der Waals surface area contributed by atoms with Gasteiger partial charge in [-0.05, 0) is 66.5 Å². The Morgan fingerprint density at radius 2 is 1.71 bits per heavy atom. The Morgan fingerprint density at radius 3 is 2.38 bits per heavy atom. The number of hydrogen-bond donors (Lipinski definition) is 1. The van der Waals surface area contributed by atoms with Gasteiger partial charge in [0.15, 0.2) is 0 Å². The molecule has 0 saturated heterocycles. The second-order valence-corrected chi connectivity index (χ2v) is 8.74. The third-order valence-corrected chi connectivity index (χ3v) is 5.52. The molecule has 0 aliphatic rings. The summed E-state index contributed by atoms with van der Waals surface area (Å²) in [4.78, 5) is 2.50. The van der Waals surface area contributed by atoms with Gasteiger partial charge in [0.25, 0.3) is 0 Å². The first kappa shape index (κ1) is 17.1. The number of nitrogens with one attached hydrogen (secondary N) is 1. The predicted molar refractivity (Wildman–Crippen MR) is 99.0 cm³/mol. The van der Waals surface area contributed by atoms with Gasteiger partial charge in [-0.15, -0.1) is 0 Å². The van der Waals surface area contributed by atoms with Crippen LogP contribution in [0.15, 0.2) is 61.2 Å². The number of benzene rings is 2. The Balaban J connectivity index is 2.25. The molecule has 0 atom stereocenters. The normalized spacial score (nSPS) is 11.7. The molecular formula is C17H19Br2NS. The van der Waals surface area contributed by atoms with Crippen LogP contribution in [0.2, 0.25) is 0 Å². The molecular weight excluding hydrogens is 410 g/mol. The first-order chi connectivity index (χ1) is 9.85. The van der Waals surface area contributed by atoms with Gasteiger partial charge >= 0.3 is 0 Å². The molecule has 2 rings (SSSR count). The number of halogens is 2. The maximum Gasteiger partial charge on any atom is 0.0314 e. The second-order valence-electron chi connectivity index (χ2n) is 5.89. The molecule has 0 fully saturated rings. The van der Waals surface area contributed by atoms with Crippen molar-refractivity contribution in [3.8, 4) is 0 Å². The van der Waals surface area contributed by atoms with Crippen LogP contribution >= 0.6 is 43.6 Å². The SMILES string of the molecule is CC(C)(C)NCc1ccc(Br)cc1Sc1ccccc1Br. The summed E-state index contributed by atoms with van der Waals surface area (Å²) < 4.78 is 2.24. The lowest BCUT2D eigenvalue weighted by Crippen LogP contribution is -2.35. The topological polar surface area (TPSA) is 12.0 Å². The molecule has 0 amide bonds. The van der Waals surface area contributed by atoms with Crippen molar-refractivity contribution in [3.63, 3.8) is 0 Å². The Bertz CT molecular complexity index is 620. The lowest BCUT2D eigenvalue weighted by molar-refractivity contribution is 0.422. The molecule has 2 aromatic rings. The summed E-state index contributed by atoms with van der Waals surface area (Å²) in [5, 5.41) is 3.56. The van der Waals surface area contributed by atoms with E-state index >= 15 is 0 Å². The fourth-order valence-corrected chi connectivity index (χ4v) is 3.82. The summed E-state index contributed by atoms with van der Waals surface area (Å²) in [5.41, 5.74) is 1.43. The van der Waals surface area contributed by atoms with Crippen LogP contribution in [0.1, 0.15) is 26.3 Å². The second kappa shape index (κ2) is 7.32. The lowest BCUT2D eigenvalue weighted by Gasteiger charge is -2.21. The monoisotopic (exact) mass is 427 g/mol. The molecule has 0 aliphatic heterocycles. The molecule has 0 unspecified atom stereocenters. The van der Waals surface area contributed by atoms with Crippen molar-refractivity contribution < 1.29 is 0 Å². The molecule has 1 nitrogen and oxygen atoms in total. The largest absolute Gasteiger partial charge is 0.308 e. The van der Waals surface area contributed by atoms with Crippen molar-refractivity contribution in [2.24, 2.45) is 0 Å². The van der Waals surface area contributed by atoms with E-state index in [1.54, 1.807) is 11.8 Å². The van der Waals surface area contributed by atoms with Gasteiger partial charge in [0.05, 0.1) is 0 Å². The summed E-state index contributed by atoms with van der Waals surface area (Å²) in [6, 6.07) is 14.8. The fourth-order valence-electron chi connectivity index (χ4n) is 1.78. The minimum atomic E-state index is 0.113. The molecule has 0 radical (unpaired) electrons.